The van der Waals surface area contributed by atoms with Gasteiger partial charge in [0.05, 0.1) is 22.5 Å². The van der Waals surface area contributed by atoms with Crippen LogP contribution in [0.2, 0.25) is 0 Å². The van der Waals surface area contributed by atoms with Gasteiger partial charge < -0.3 is 18.6 Å². The van der Waals surface area contributed by atoms with Crippen LogP contribution in [0, 0.1) is 0 Å². The van der Waals surface area contributed by atoms with Gasteiger partial charge in [0.15, 0.2) is 11.2 Å². The minimum Gasteiger partial charge on any atom is -0.454 e. The van der Waals surface area contributed by atoms with Crippen molar-refractivity contribution >= 4 is 88.8 Å². The van der Waals surface area contributed by atoms with Crippen LogP contribution in [0.5, 0.6) is 0 Å². The van der Waals surface area contributed by atoms with Gasteiger partial charge in [-0.2, -0.15) is 0 Å². The van der Waals surface area contributed by atoms with E-state index >= 15 is 0 Å². The second kappa shape index (κ2) is 19.6. The highest BCUT2D eigenvalue weighted by molar-refractivity contribution is 6.16. The molecule has 0 saturated heterocycles. The molecule has 2 heterocycles. The van der Waals surface area contributed by atoms with E-state index in [0.29, 0.717) is 11.8 Å². The van der Waals surface area contributed by atoms with E-state index in [2.05, 4.69) is 252 Å². The molecule has 0 N–H and O–H groups in total. The van der Waals surface area contributed by atoms with E-state index in [4.69, 9.17) is 8.83 Å². The summed E-state index contributed by atoms with van der Waals surface area (Å²) in [4.78, 5) is 4.91. The Kier molecular flexibility index (Phi) is 11.6. The van der Waals surface area contributed by atoms with E-state index in [1.165, 1.54) is 125 Å². The fourth-order valence-corrected chi connectivity index (χ4v) is 15.1. The van der Waals surface area contributed by atoms with Crippen LogP contribution in [0.1, 0.15) is 109 Å². The minimum absolute atomic E-state index is 0.501. The lowest BCUT2D eigenvalue weighted by Gasteiger charge is -2.36. The predicted molar refractivity (Wildman–Crippen MR) is 337 cm³/mol. The van der Waals surface area contributed by atoms with E-state index in [1.54, 1.807) is 0 Å². The van der Waals surface area contributed by atoms with E-state index in [-0.39, 0.29) is 0 Å². The Balaban J connectivity index is 0.959. The monoisotopic (exact) mass is 1050 g/mol. The number of nitrogens with zero attached hydrogens (tertiary/aromatic N) is 2. The molecule has 16 rings (SSSR count). The number of rotatable bonds is 10. The molecule has 0 spiro atoms. The van der Waals surface area contributed by atoms with Crippen LogP contribution >= 0.6 is 0 Å². The molecule has 0 radical (unpaired) electrons. The van der Waals surface area contributed by atoms with Gasteiger partial charge in [-0.1, -0.05) is 227 Å². The summed E-state index contributed by atoms with van der Waals surface area (Å²) in [5.41, 5.74) is 19.5. The molecule has 0 amide bonds. The molecule has 3 aliphatic rings. The Hall–Kier alpha value is -9.12. The van der Waals surface area contributed by atoms with Gasteiger partial charge in [-0.15, -0.1) is 0 Å². The molecule has 0 atom stereocenters. The van der Waals surface area contributed by atoms with Crippen molar-refractivity contribution in [1.29, 1.82) is 0 Å². The first-order chi connectivity index (χ1) is 40.2. The van der Waals surface area contributed by atoms with Crippen molar-refractivity contribution in [3.63, 3.8) is 0 Å². The van der Waals surface area contributed by atoms with Crippen LogP contribution in [0.3, 0.4) is 0 Å². The van der Waals surface area contributed by atoms with Crippen LogP contribution in [-0.2, 0) is 5.41 Å². The number of hydrogen-bond donors (Lipinski definition) is 0. The van der Waals surface area contributed by atoms with E-state index in [1.807, 2.05) is 0 Å². The molecule has 4 nitrogen and oxygen atoms in total. The first-order valence-corrected chi connectivity index (χ1v) is 29.6. The highest BCUT2D eigenvalue weighted by Crippen LogP contribution is 2.61. The lowest BCUT2D eigenvalue weighted by atomic mass is 9.67. The summed E-state index contributed by atoms with van der Waals surface area (Å²) in [5, 5.41) is 7.02. The number of hydrogen-bond acceptors (Lipinski definition) is 4. The number of para-hydroxylation sites is 6. The Bertz CT molecular complexity index is 4450. The third kappa shape index (κ3) is 7.56. The summed E-state index contributed by atoms with van der Waals surface area (Å²) in [5.74, 6) is 1.01. The molecule has 0 aliphatic heterocycles. The highest BCUT2D eigenvalue weighted by atomic mass is 16.3. The van der Waals surface area contributed by atoms with Gasteiger partial charge in [0, 0.05) is 44.0 Å². The van der Waals surface area contributed by atoms with Crippen molar-refractivity contribution in [2.75, 3.05) is 9.80 Å². The second-order valence-corrected chi connectivity index (χ2v) is 23.0. The summed E-state index contributed by atoms with van der Waals surface area (Å²) < 4.78 is 14.7. The zero-order valence-electron chi connectivity index (χ0n) is 45.5. The Morgan fingerprint density at radius 3 is 1.27 bits per heavy atom. The second-order valence-electron chi connectivity index (χ2n) is 23.0. The average Bonchev–Trinajstić information content (AvgIpc) is 2.59. The standard InChI is InChI=1S/C77H62N2O2/c1-7-25-51(26-8-1)58-39-21-41-62-64-43-23-45-69(75(64)80-73(58)62)78(55-33-15-5-16-34-55)57-47-48-66-67(49-57)77(53-29-11-3-12-30-53,54-31-13-4-14-32-54)68-50-71(60-37-19-20-38-61(60)72(66)68)79(56-35-17-6-18-36-56)70-46-24-44-65-63-42-22-40-59(74(63)81-76(65)70)52-27-9-2-10-28-52/h3-6,11-24,29-52H,1-2,7-10,25-28H2. The maximum atomic E-state index is 7.36. The van der Waals surface area contributed by atoms with Crippen LogP contribution in [0.25, 0.3) is 65.8 Å². The molecule has 2 aromatic heterocycles. The lowest BCUT2D eigenvalue weighted by molar-refractivity contribution is 0.442. The van der Waals surface area contributed by atoms with Gasteiger partial charge >= 0.3 is 0 Å². The topological polar surface area (TPSA) is 32.8 Å². The van der Waals surface area contributed by atoms with Gasteiger partial charge in [0.25, 0.3) is 0 Å². The van der Waals surface area contributed by atoms with Crippen LogP contribution in [0.15, 0.2) is 251 Å². The van der Waals surface area contributed by atoms with Crippen molar-refractivity contribution in [3.8, 4) is 11.1 Å². The summed E-state index contributed by atoms with van der Waals surface area (Å²) in [6.45, 7) is 0. The predicted octanol–water partition coefficient (Wildman–Crippen LogP) is 22.0. The van der Waals surface area contributed by atoms with Crippen molar-refractivity contribution < 1.29 is 8.83 Å². The zero-order chi connectivity index (χ0) is 53.4. The number of furan rings is 2. The van der Waals surface area contributed by atoms with Gasteiger partial charge in [0.2, 0.25) is 0 Å². The summed E-state index contributed by atoms with van der Waals surface area (Å²) in [6.07, 6.45) is 12.5. The Morgan fingerprint density at radius 2 is 0.741 bits per heavy atom. The molecule has 2 saturated carbocycles. The van der Waals surface area contributed by atoms with Gasteiger partial charge in [-0.25, -0.2) is 0 Å². The fraction of sp³-hybridized carbons (Fsp3) is 0.169. The zero-order valence-corrected chi connectivity index (χ0v) is 45.5. The Morgan fingerprint density at radius 1 is 0.309 bits per heavy atom. The fourth-order valence-electron chi connectivity index (χ4n) is 15.1. The normalized spacial score (nSPS) is 15.4. The molecule has 0 bridgehead atoms. The number of anilines is 6. The van der Waals surface area contributed by atoms with E-state index < -0.39 is 5.41 Å². The van der Waals surface area contributed by atoms with Crippen molar-refractivity contribution in [2.45, 2.75) is 81.5 Å². The molecular weight excluding hydrogens is 985 g/mol. The molecule has 0 unspecified atom stereocenters. The number of fused-ring (bicyclic) bond motifs is 11. The SMILES string of the molecule is c1ccc(N(c2ccc3c(c2)C(c2ccccc2)(c2ccccc2)c2cc(N(c4ccccc4)c4cccc5c4oc4c(C6CCCCC6)cccc45)c4ccccc4c2-3)c2cccc3c2oc2c(C4CCCCC4)cccc23)cc1. The molecule has 13 aromatic rings. The van der Waals surface area contributed by atoms with E-state index in [9.17, 15) is 0 Å². The maximum Gasteiger partial charge on any atom is 0.159 e. The third-order valence-corrected chi connectivity index (χ3v) is 18.7. The van der Waals surface area contributed by atoms with Crippen LogP contribution in [0.4, 0.5) is 34.1 Å². The van der Waals surface area contributed by atoms with Crippen LogP contribution < -0.4 is 9.80 Å². The quantitative estimate of drug-likeness (QED) is 0.137. The lowest BCUT2D eigenvalue weighted by Crippen LogP contribution is -2.29. The van der Waals surface area contributed by atoms with Crippen molar-refractivity contribution in [3.05, 3.63) is 276 Å². The molecule has 392 valence electrons. The molecule has 2 fully saturated rings. The molecule has 11 aromatic carbocycles. The first-order valence-electron chi connectivity index (χ1n) is 29.6. The highest BCUT2D eigenvalue weighted by Gasteiger charge is 2.48. The van der Waals surface area contributed by atoms with Gasteiger partial charge in [0.1, 0.15) is 11.2 Å². The van der Waals surface area contributed by atoms with Gasteiger partial charge in [-0.05, 0) is 142 Å². The molecular formula is C77H62N2O2. The van der Waals surface area contributed by atoms with Crippen LogP contribution in [-0.4, -0.2) is 0 Å². The number of benzene rings is 11. The smallest absolute Gasteiger partial charge is 0.159 e. The molecule has 4 heteroatoms. The summed E-state index contributed by atoms with van der Waals surface area (Å²) in [7, 11) is 0. The largest absolute Gasteiger partial charge is 0.454 e. The Labute approximate surface area is 473 Å². The molecule has 3 aliphatic carbocycles. The first kappa shape index (κ1) is 47.8. The maximum absolute atomic E-state index is 7.36. The van der Waals surface area contributed by atoms with Crippen molar-refractivity contribution in [1.82, 2.24) is 0 Å². The van der Waals surface area contributed by atoms with Gasteiger partial charge in [-0.3, -0.25) is 0 Å². The minimum atomic E-state index is -0.757. The molecule has 81 heavy (non-hydrogen) atoms. The summed E-state index contributed by atoms with van der Waals surface area (Å²) >= 11 is 0. The third-order valence-electron chi connectivity index (χ3n) is 18.7. The average molecular weight is 1050 g/mol. The summed E-state index contributed by atoms with van der Waals surface area (Å²) in [6, 6.07) is 90.3. The van der Waals surface area contributed by atoms with Crippen molar-refractivity contribution in [2.24, 2.45) is 0 Å². The van der Waals surface area contributed by atoms with E-state index in [0.717, 1.165) is 72.6 Å².